The summed E-state index contributed by atoms with van der Waals surface area (Å²) in [6.07, 6.45) is 3.55. The first-order chi connectivity index (χ1) is 7.17. The van der Waals surface area contributed by atoms with Gasteiger partial charge in [0.25, 0.3) is 0 Å². The molecular formula is C10H15N5. The van der Waals surface area contributed by atoms with Crippen molar-refractivity contribution in [3.8, 4) is 0 Å². The highest BCUT2D eigenvalue weighted by atomic mass is 15.2. The number of aromatic nitrogens is 2. The quantitative estimate of drug-likeness (QED) is 0.695. The van der Waals surface area contributed by atoms with Gasteiger partial charge in [-0.05, 0) is 0 Å². The summed E-state index contributed by atoms with van der Waals surface area (Å²) in [6.45, 7) is 8.65. The van der Waals surface area contributed by atoms with E-state index >= 15 is 0 Å². The number of hydrogen-bond donors (Lipinski definition) is 2. The van der Waals surface area contributed by atoms with Crippen LogP contribution in [0.2, 0.25) is 0 Å². The Bertz CT molecular complexity index is 331. The summed E-state index contributed by atoms with van der Waals surface area (Å²) in [5, 5.41) is 0. The first-order valence-electron chi connectivity index (χ1n) is 4.54. The average molecular weight is 205 g/mol. The maximum atomic E-state index is 5.58. The van der Waals surface area contributed by atoms with Crippen LogP contribution < -0.4 is 16.4 Å². The molecule has 5 nitrogen and oxygen atoms in total. The van der Waals surface area contributed by atoms with Gasteiger partial charge in [0.1, 0.15) is 11.6 Å². The molecule has 0 bridgehead atoms. The van der Waals surface area contributed by atoms with E-state index < -0.39 is 0 Å². The number of anilines is 3. The molecule has 0 aliphatic heterocycles. The van der Waals surface area contributed by atoms with Gasteiger partial charge in [0.2, 0.25) is 5.95 Å². The lowest BCUT2D eigenvalue weighted by Crippen LogP contribution is -2.24. The molecule has 0 saturated carbocycles. The predicted octanol–water partition coefficient (Wildman–Crippen LogP) is 0.819. The summed E-state index contributed by atoms with van der Waals surface area (Å²) in [7, 11) is 0. The monoisotopic (exact) mass is 205 g/mol. The van der Waals surface area contributed by atoms with Gasteiger partial charge in [0, 0.05) is 19.2 Å². The fraction of sp³-hybridized carbons (Fsp3) is 0.200. The fourth-order valence-electron chi connectivity index (χ4n) is 1.21. The predicted molar refractivity (Wildman–Crippen MR) is 63.5 cm³/mol. The third-order valence-corrected chi connectivity index (χ3v) is 1.77. The second kappa shape index (κ2) is 4.99. The molecule has 1 aromatic rings. The van der Waals surface area contributed by atoms with Crippen LogP contribution in [0.3, 0.4) is 0 Å². The number of hydrogen-bond acceptors (Lipinski definition) is 5. The van der Waals surface area contributed by atoms with Crippen LogP contribution in [0.15, 0.2) is 31.4 Å². The molecule has 80 valence electrons. The Kier molecular flexibility index (Phi) is 3.68. The molecule has 0 aliphatic rings. The number of nitrogens with two attached hydrogens (primary N) is 2. The molecule has 0 unspecified atom stereocenters. The topological polar surface area (TPSA) is 81.1 Å². The smallest absolute Gasteiger partial charge is 0.223 e. The first kappa shape index (κ1) is 11.0. The molecule has 4 N–H and O–H groups in total. The van der Waals surface area contributed by atoms with E-state index in [0.29, 0.717) is 24.7 Å². The summed E-state index contributed by atoms with van der Waals surface area (Å²) in [5.74, 6) is 1.21. The van der Waals surface area contributed by atoms with E-state index in [9.17, 15) is 0 Å². The normalized spacial score (nSPS) is 9.60. The molecule has 1 heterocycles. The van der Waals surface area contributed by atoms with Gasteiger partial charge < -0.3 is 16.4 Å². The molecule has 1 aromatic heterocycles. The summed E-state index contributed by atoms with van der Waals surface area (Å²) in [5.41, 5.74) is 11.1. The first-order valence-corrected chi connectivity index (χ1v) is 4.54. The molecule has 1 rings (SSSR count). The molecule has 15 heavy (non-hydrogen) atoms. The van der Waals surface area contributed by atoms with Gasteiger partial charge >= 0.3 is 0 Å². The van der Waals surface area contributed by atoms with Crippen molar-refractivity contribution in [3.05, 3.63) is 31.4 Å². The highest BCUT2D eigenvalue weighted by Crippen LogP contribution is 2.14. The van der Waals surface area contributed by atoms with Crippen molar-refractivity contribution in [1.82, 2.24) is 9.97 Å². The molecule has 5 heteroatoms. The van der Waals surface area contributed by atoms with E-state index in [1.807, 2.05) is 4.90 Å². The second-order valence-corrected chi connectivity index (χ2v) is 2.99. The molecule has 0 atom stereocenters. The Morgan fingerprint density at radius 1 is 1.20 bits per heavy atom. The largest absolute Gasteiger partial charge is 0.383 e. The third kappa shape index (κ3) is 2.98. The van der Waals surface area contributed by atoms with E-state index in [1.165, 1.54) is 0 Å². The van der Waals surface area contributed by atoms with Crippen molar-refractivity contribution >= 4 is 17.6 Å². The van der Waals surface area contributed by atoms with Crippen molar-refractivity contribution in [2.75, 3.05) is 29.5 Å². The van der Waals surface area contributed by atoms with Crippen LogP contribution in [0.1, 0.15) is 0 Å². The van der Waals surface area contributed by atoms with Crippen molar-refractivity contribution in [1.29, 1.82) is 0 Å². The van der Waals surface area contributed by atoms with Gasteiger partial charge in [-0.15, -0.1) is 13.2 Å². The van der Waals surface area contributed by atoms with Gasteiger partial charge in [0.05, 0.1) is 0 Å². The van der Waals surface area contributed by atoms with Crippen molar-refractivity contribution < 1.29 is 0 Å². The zero-order valence-electron chi connectivity index (χ0n) is 8.56. The number of rotatable bonds is 5. The van der Waals surface area contributed by atoms with Crippen molar-refractivity contribution in [2.24, 2.45) is 0 Å². The van der Waals surface area contributed by atoms with Gasteiger partial charge in [-0.2, -0.15) is 9.97 Å². The minimum Gasteiger partial charge on any atom is -0.383 e. The van der Waals surface area contributed by atoms with Gasteiger partial charge in [-0.3, -0.25) is 0 Å². The van der Waals surface area contributed by atoms with Crippen LogP contribution in [-0.2, 0) is 0 Å². The maximum Gasteiger partial charge on any atom is 0.223 e. The SMILES string of the molecule is C=CCN(CC=C)c1cc(N)nc(N)n1. The molecule has 0 spiro atoms. The van der Waals surface area contributed by atoms with Crippen LogP contribution in [0, 0.1) is 0 Å². The van der Waals surface area contributed by atoms with E-state index in [1.54, 1.807) is 18.2 Å². The number of nitrogen functional groups attached to an aromatic ring is 2. The average Bonchev–Trinajstić information content (AvgIpc) is 2.16. The second-order valence-electron chi connectivity index (χ2n) is 2.99. The molecular weight excluding hydrogens is 190 g/mol. The van der Waals surface area contributed by atoms with Gasteiger partial charge in [0.15, 0.2) is 0 Å². The molecule has 0 radical (unpaired) electrons. The lowest BCUT2D eigenvalue weighted by molar-refractivity contribution is 0.922. The van der Waals surface area contributed by atoms with Crippen LogP contribution in [0.25, 0.3) is 0 Å². The minimum atomic E-state index is 0.170. The Morgan fingerprint density at radius 3 is 2.27 bits per heavy atom. The van der Waals surface area contributed by atoms with Crippen LogP contribution in [0.4, 0.5) is 17.6 Å². The van der Waals surface area contributed by atoms with Crippen molar-refractivity contribution in [3.63, 3.8) is 0 Å². The molecule has 0 aromatic carbocycles. The van der Waals surface area contributed by atoms with Crippen LogP contribution >= 0.6 is 0 Å². The standard InChI is InChI=1S/C10H15N5/c1-3-5-15(6-4-2)9-7-8(11)13-10(12)14-9/h3-4,7H,1-2,5-6H2,(H4,11,12,13,14). The fourth-order valence-corrected chi connectivity index (χ4v) is 1.21. The zero-order chi connectivity index (χ0) is 11.3. The molecule has 0 aliphatic carbocycles. The van der Waals surface area contributed by atoms with Crippen molar-refractivity contribution in [2.45, 2.75) is 0 Å². The summed E-state index contributed by atoms with van der Waals surface area (Å²) in [4.78, 5) is 9.83. The Hall–Kier alpha value is -2.04. The highest BCUT2D eigenvalue weighted by molar-refractivity contribution is 5.51. The van der Waals surface area contributed by atoms with E-state index in [-0.39, 0.29) is 5.95 Å². The molecule has 0 saturated heterocycles. The summed E-state index contributed by atoms with van der Waals surface area (Å²) < 4.78 is 0. The van der Waals surface area contributed by atoms with E-state index in [2.05, 4.69) is 23.1 Å². The Morgan fingerprint density at radius 2 is 1.80 bits per heavy atom. The van der Waals surface area contributed by atoms with Crippen LogP contribution in [-0.4, -0.2) is 23.1 Å². The van der Waals surface area contributed by atoms with E-state index in [0.717, 1.165) is 0 Å². The Labute approximate surface area is 89.1 Å². The summed E-state index contributed by atoms with van der Waals surface area (Å²) >= 11 is 0. The lowest BCUT2D eigenvalue weighted by Gasteiger charge is -2.20. The van der Waals surface area contributed by atoms with Gasteiger partial charge in [-0.1, -0.05) is 12.2 Å². The molecule has 0 fully saturated rings. The number of nitrogens with zero attached hydrogens (tertiary/aromatic N) is 3. The van der Waals surface area contributed by atoms with E-state index in [4.69, 9.17) is 11.5 Å². The summed E-state index contributed by atoms with van der Waals surface area (Å²) in [6, 6.07) is 1.67. The maximum absolute atomic E-state index is 5.58. The third-order valence-electron chi connectivity index (χ3n) is 1.77. The van der Waals surface area contributed by atoms with Gasteiger partial charge in [-0.25, -0.2) is 0 Å². The lowest BCUT2D eigenvalue weighted by atomic mass is 10.4. The van der Waals surface area contributed by atoms with Crippen LogP contribution in [0.5, 0.6) is 0 Å². The zero-order valence-corrected chi connectivity index (χ0v) is 8.56. The minimum absolute atomic E-state index is 0.170. The highest BCUT2D eigenvalue weighted by Gasteiger charge is 2.06. The molecule has 0 amide bonds. The Balaban J connectivity index is 2.98.